The van der Waals surface area contributed by atoms with Crippen LogP contribution >= 0.6 is 0 Å². The summed E-state index contributed by atoms with van der Waals surface area (Å²) in [6, 6.07) is 5.57. The summed E-state index contributed by atoms with van der Waals surface area (Å²) in [6.07, 6.45) is 3.24. The number of hydrogen-bond donors (Lipinski definition) is 1. The van der Waals surface area contributed by atoms with Crippen LogP contribution < -0.4 is 5.32 Å². The Balaban J connectivity index is 2.37. The predicted octanol–water partition coefficient (Wildman–Crippen LogP) is 2.75. The van der Waals surface area contributed by atoms with Crippen LogP contribution in [0.2, 0.25) is 0 Å². The Hall–Kier alpha value is -1.38. The average molecular weight is 209 g/mol. The van der Waals surface area contributed by atoms with E-state index in [0.717, 1.165) is 19.3 Å². The minimum atomic E-state index is -0.322. The smallest absolute Gasteiger partial charge is 0.251 e. The van der Waals surface area contributed by atoms with Gasteiger partial charge in [-0.1, -0.05) is 19.8 Å². The highest BCUT2D eigenvalue weighted by atomic mass is 19.1. The molecular formula is C12H16FNO. The molecular weight excluding hydrogens is 193 g/mol. The molecule has 15 heavy (non-hydrogen) atoms. The molecule has 0 aromatic heterocycles. The number of nitrogens with one attached hydrogen (secondary N) is 1. The molecule has 0 aliphatic heterocycles. The van der Waals surface area contributed by atoms with Crippen LogP contribution in [0, 0.1) is 5.82 Å². The van der Waals surface area contributed by atoms with Gasteiger partial charge in [0.25, 0.3) is 5.91 Å². The van der Waals surface area contributed by atoms with Gasteiger partial charge in [-0.25, -0.2) is 4.39 Å². The molecule has 1 rings (SSSR count). The number of hydrogen-bond acceptors (Lipinski definition) is 1. The molecule has 0 fully saturated rings. The second-order valence-electron chi connectivity index (χ2n) is 3.47. The van der Waals surface area contributed by atoms with Crippen LogP contribution in [-0.4, -0.2) is 12.5 Å². The zero-order valence-corrected chi connectivity index (χ0v) is 8.92. The molecule has 0 spiro atoms. The number of carbonyl (C=O) groups excluding carboxylic acids is 1. The molecule has 0 atom stereocenters. The molecule has 1 aromatic rings. The van der Waals surface area contributed by atoms with Gasteiger partial charge in [0.1, 0.15) is 5.82 Å². The minimum absolute atomic E-state index is 0.133. The van der Waals surface area contributed by atoms with Crippen molar-refractivity contribution in [2.24, 2.45) is 0 Å². The largest absolute Gasteiger partial charge is 0.352 e. The average Bonchev–Trinajstić information content (AvgIpc) is 2.25. The number of carbonyl (C=O) groups is 1. The molecule has 2 nitrogen and oxygen atoms in total. The summed E-state index contributed by atoms with van der Waals surface area (Å²) in [5.41, 5.74) is 0.507. The van der Waals surface area contributed by atoms with Gasteiger partial charge >= 0.3 is 0 Å². The molecule has 0 aliphatic carbocycles. The summed E-state index contributed by atoms with van der Waals surface area (Å²) in [4.78, 5) is 11.5. The number of halogens is 1. The van der Waals surface area contributed by atoms with Crippen molar-refractivity contribution in [3.05, 3.63) is 35.6 Å². The Morgan fingerprint density at radius 3 is 2.53 bits per heavy atom. The van der Waals surface area contributed by atoms with Gasteiger partial charge in [0.05, 0.1) is 0 Å². The lowest BCUT2D eigenvalue weighted by atomic mass is 10.2. The molecule has 0 unspecified atom stereocenters. The topological polar surface area (TPSA) is 29.1 Å². The van der Waals surface area contributed by atoms with E-state index in [0.29, 0.717) is 12.1 Å². The van der Waals surface area contributed by atoms with Gasteiger partial charge in [0, 0.05) is 12.1 Å². The summed E-state index contributed by atoms with van der Waals surface area (Å²) in [5, 5.41) is 2.79. The van der Waals surface area contributed by atoms with Crippen LogP contribution in [0.15, 0.2) is 24.3 Å². The van der Waals surface area contributed by atoms with E-state index in [1.807, 2.05) is 0 Å². The van der Waals surface area contributed by atoms with E-state index in [4.69, 9.17) is 0 Å². The summed E-state index contributed by atoms with van der Waals surface area (Å²) >= 11 is 0. The fourth-order valence-electron chi connectivity index (χ4n) is 1.28. The van der Waals surface area contributed by atoms with E-state index in [2.05, 4.69) is 12.2 Å². The normalized spacial score (nSPS) is 10.0. The SMILES string of the molecule is CCCCCNC(=O)c1ccc(F)cc1. The second-order valence-corrected chi connectivity index (χ2v) is 3.47. The van der Waals surface area contributed by atoms with Crippen LogP contribution in [0.3, 0.4) is 0 Å². The molecule has 1 amide bonds. The second kappa shape index (κ2) is 6.17. The first-order chi connectivity index (χ1) is 7.24. The lowest BCUT2D eigenvalue weighted by Gasteiger charge is -2.04. The fourth-order valence-corrected chi connectivity index (χ4v) is 1.28. The molecule has 1 aromatic carbocycles. The Labute approximate surface area is 89.5 Å². The van der Waals surface area contributed by atoms with Crippen LogP contribution in [0.1, 0.15) is 36.5 Å². The van der Waals surface area contributed by atoms with Gasteiger partial charge in [-0.15, -0.1) is 0 Å². The van der Waals surface area contributed by atoms with Gasteiger partial charge in [-0.2, -0.15) is 0 Å². The van der Waals surface area contributed by atoms with Crippen molar-refractivity contribution < 1.29 is 9.18 Å². The van der Waals surface area contributed by atoms with Crippen molar-refractivity contribution in [3.8, 4) is 0 Å². The molecule has 0 radical (unpaired) electrons. The summed E-state index contributed by atoms with van der Waals surface area (Å²) in [6.45, 7) is 2.80. The summed E-state index contributed by atoms with van der Waals surface area (Å²) in [5.74, 6) is -0.455. The van der Waals surface area contributed by atoms with Crippen molar-refractivity contribution >= 4 is 5.91 Å². The van der Waals surface area contributed by atoms with Crippen molar-refractivity contribution in [1.29, 1.82) is 0 Å². The molecule has 3 heteroatoms. The van der Waals surface area contributed by atoms with Crippen LogP contribution in [0.5, 0.6) is 0 Å². The lowest BCUT2D eigenvalue weighted by molar-refractivity contribution is 0.0953. The summed E-state index contributed by atoms with van der Waals surface area (Å²) in [7, 11) is 0. The van der Waals surface area contributed by atoms with E-state index in [9.17, 15) is 9.18 Å². The van der Waals surface area contributed by atoms with E-state index < -0.39 is 0 Å². The predicted molar refractivity (Wildman–Crippen MR) is 58.3 cm³/mol. The first-order valence-electron chi connectivity index (χ1n) is 5.28. The fraction of sp³-hybridized carbons (Fsp3) is 0.417. The number of amides is 1. The van der Waals surface area contributed by atoms with Gasteiger partial charge < -0.3 is 5.32 Å². The van der Waals surface area contributed by atoms with Gasteiger partial charge in [0.2, 0.25) is 0 Å². The molecule has 82 valence electrons. The van der Waals surface area contributed by atoms with Crippen LogP contribution in [0.4, 0.5) is 4.39 Å². The third-order valence-corrected chi connectivity index (χ3v) is 2.17. The maximum absolute atomic E-state index is 12.6. The third-order valence-electron chi connectivity index (χ3n) is 2.17. The molecule has 0 aliphatic rings. The number of unbranched alkanes of at least 4 members (excludes halogenated alkanes) is 2. The maximum atomic E-state index is 12.6. The molecule has 0 saturated heterocycles. The Morgan fingerprint density at radius 2 is 1.93 bits per heavy atom. The van der Waals surface area contributed by atoms with Crippen molar-refractivity contribution in [1.82, 2.24) is 5.32 Å². The van der Waals surface area contributed by atoms with Crippen LogP contribution in [-0.2, 0) is 0 Å². The zero-order valence-electron chi connectivity index (χ0n) is 8.92. The molecule has 0 bridgehead atoms. The van der Waals surface area contributed by atoms with Crippen molar-refractivity contribution in [3.63, 3.8) is 0 Å². The number of benzene rings is 1. The highest BCUT2D eigenvalue weighted by Gasteiger charge is 2.03. The number of rotatable bonds is 5. The molecule has 0 heterocycles. The Kier molecular flexibility index (Phi) is 4.81. The van der Waals surface area contributed by atoms with Gasteiger partial charge in [0.15, 0.2) is 0 Å². The first-order valence-corrected chi connectivity index (χ1v) is 5.28. The monoisotopic (exact) mass is 209 g/mol. The zero-order chi connectivity index (χ0) is 11.1. The quantitative estimate of drug-likeness (QED) is 0.742. The third kappa shape index (κ3) is 4.11. The highest BCUT2D eigenvalue weighted by molar-refractivity contribution is 5.94. The van der Waals surface area contributed by atoms with Crippen LogP contribution in [0.25, 0.3) is 0 Å². The van der Waals surface area contributed by atoms with Gasteiger partial charge in [-0.05, 0) is 30.7 Å². The maximum Gasteiger partial charge on any atom is 0.251 e. The molecule has 1 N–H and O–H groups in total. The molecule has 0 saturated carbocycles. The summed E-state index contributed by atoms with van der Waals surface area (Å²) < 4.78 is 12.6. The van der Waals surface area contributed by atoms with Gasteiger partial charge in [-0.3, -0.25) is 4.79 Å². The lowest BCUT2D eigenvalue weighted by Crippen LogP contribution is -2.24. The van der Waals surface area contributed by atoms with Crippen molar-refractivity contribution in [2.75, 3.05) is 6.54 Å². The van der Waals surface area contributed by atoms with E-state index in [1.54, 1.807) is 0 Å². The van der Waals surface area contributed by atoms with Crippen molar-refractivity contribution in [2.45, 2.75) is 26.2 Å². The first kappa shape index (κ1) is 11.7. The highest BCUT2D eigenvalue weighted by Crippen LogP contribution is 2.02. The minimum Gasteiger partial charge on any atom is -0.352 e. The Morgan fingerprint density at radius 1 is 1.27 bits per heavy atom. The van der Waals surface area contributed by atoms with E-state index in [-0.39, 0.29) is 11.7 Å². The van der Waals surface area contributed by atoms with E-state index in [1.165, 1.54) is 24.3 Å². The standard InChI is InChI=1S/C12H16FNO/c1-2-3-4-9-14-12(15)10-5-7-11(13)8-6-10/h5-8H,2-4,9H2,1H3,(H,14,15). The Bertz CT molecular complexity index is 308. The van der Waals surface area contributed by atoms with E-state index >= 15 is 0 Å².